The summed E-state index contributed by atoms with van der Waals surface area (Å²) in [7, 11) is 0. The molecule has 2 rings (SSSR count). The molecule has 1 aromatic carbocycles. The van der Waals surface area contributed by atoms with Crippen LogP contribution in [0.5, 0.6) is 6.01 Å². The van der Waals surface area contributed by atoms with E-state index in [0.717, 1.165) is 18.7 Å². The van der Waals surface area contributed by atoms with Crippen molar-refractivity contribution in [1.29, 1.82) is 0 Å². The van der Waals surface area contributed by atoms with Crippen molar-refractivity contribution in [2.45, 2.75) is 20.3 Å². The maximum atomic E-state index is 5.50. The van der Waals surface area contributed by atoms with E-state index in [2.05, 4.69) is 48.2 Å². The standard InChI is InChI=1S/C14H18IN5O/c1-3-9-21-14-19-12(16-4-2)18-13(20-14)17-11-7-5-10(15)6-8-11/h5-8H,3-4,9H2,1-2H3,(H2,16,17,18,19,20). The highest BCUT2D eigenvalue weighted by Crippen LogP contribution is 2.18. The Hall–Kier alpha value is -1.64. The van der Waals surface area contributed by atoms with E-state index in [4.69, 9.17) is 4.74 Å². The number of hydrogen-bond acceptors (Lipinski definition) is 6. The molecule has 0 aliphatic carbocycles. The Bertz CT molecular complexity index is 576. The quantitative estimate of drug-likeness (QED) is 0.696. The lowest BCUT2D eigenvalue weighted by Gasteiger charge is -2.09. The summed E-state index contributed by atoms with van der Waals surface area (Å²) in [6, 6.07) is 8.32. The summed E-state index contributed by atoms with van der Waals surface area (Å²) >= 11 is 2.27. The third-order valence-electron chi connectivity index (χ3n) is 2.49. The monoisotopic (exact) mass is 399 g/mol. The Kier molecular flexibility index (Phi) is 5.97. The van der Waals surface area contributed by atoms with Gasteiger partial charge in [-0.1, -0.05) is 6.92 Å². The van der Waals surface area contributed by atoms with E-state index in [1.54, 1.807) is 0 Å². The topological polar surface area (TPSA) is 72.0 Å². The van der Waals surface area contributed by atoms with E-state index in [1.165, 1.54) is 3.57 Å². The molecule has 7 heteroatoms. The third-order valence-corrected chi connectivity index (χ3v) is 3.20. The van der Waals surface area contributed by atoms with Gasteiger partial charge in [0.05, 0.1) is 6.61 Å². The van der Waals surface area contributed by atoms with Crippen molar-refractivity contribution in [3.8, 4) is 6.01 Å². The molecule has 1 aromatic heterocycles. The van der Waals surface area contributed by atoms with Gasteiger partial charge < -0.3 is 15.4 Å². The Labute approximate surface area is 137 Å². The molecule has 0 saturated heterocycles. The largest absolute Gasteiger partial charge is 0.463 e. The predicted molar refractivity (Wildman–Crippen MR) is 92.2 cm³/mol. The van der Waals surface area contributed by atoms with Crippen LogP contribution in [0.4, 0.5) is 17.6 Å². The Morgan fingerprint density at radius 1 is 1.05 bits per heavy atom. The molecular formula is C14H18IN5O. The number of benzene rings is 1. The minimum Gasteiger partial charge on any atom is -0.463 e. The van der Waals surface area contributed by atoms with Crippen LogP contribution in [0.25, 0.3) is 0 Å². The molecule has 21 heavy (non-hydrogen) atoms. The van der Waals surface area contributed by atoms with E-state index in [9.17, 15) is 0 Å². The van der Waals surface area contributed by atoms with Crippen LogP contribution in [-0.4, -0.2) is 28.1 Å². The average Bonchev–Trinajstić information content (AvgIpc) is 2.48. The molecule has 0 unspecified atom stereocenters. The molecule has 0 aliphatic rings. The lowest BCUT2D eigenvalue weighted by Crippen LogP contribution is -2.09. The van der Waals surface area contributed by atoms with E-state index in [-0.39, 0.29) is 0 Å². The van der Waals surface area contributed by atoms with Crippen LogP contribution in [0.2, 0.25) is 0 Å². The van der Waals surface area contributed by atoms with Gasteiger partial charge in [-0.05, 0) is 60.2 Å². The fourth-order valence-electron chi connectivity index (χ4n) is 1.57. The van der Waals surface area contributed by atoms with Gasteiger partial charge in [-0.15, -0.1) is 0 Å². The molecular weight excluding hydrogens is 381 g/mol. The minimum atomic E-state index is 0.329. The molecule has 6 nitrogen and oxygen atoms in total. The smallest absolute Gasteiger partial charge is 0.323 e. The van der Waals surface area contributed by atoms with Crippen LogP contribution in [-0.2, 0) is 0 Å². The van der Waals surface area contributed by atoms with E-state index >= 15 is 0 Å². The molecule has 1 heterocycles. The second-order valence-corrected chi connectivity index (χ2v) is 5.52. The third kappa shape index (κ3) is 5.00. The van der Waals surface area contributed by atoms with Crippen LogP contribution >= 0.6 is 22.6 Å². The highest BCUT2D eigenvalue weighted by molar-refractivity contribution is 14.1. The summed E-state index contributed by atoms with van der Waals surface area (Å²) < 4.78 is 6.67. The summed E-state index contributed by atoms with van der Waals surface area (Å²) in [5, 5.41) is 6.24. The first-order valence-electron chi connectivity index (χ1n) is 6.86. The van der Waals surface area contributed by atoms with Gasteiger partial charge in [-0.25, -0.2) is 0 Å². The first kappa shape index (κ1) is 15.7. The van der Waals surface area contributed by atoms with E-state index in [0.29, 0.717) is 24.5 Å². The Balaban J connectivity index is 2.19. The summed E-state index contributed by atoms with van der Waals surface area (Å²) in [6.45, 7) is 5.35. The zero-order valence-electron chi connectivity index (χ0n) is 12.1. The second-order valence-electron chi connectivity index (χ2n) is 4.28. The number of nitrogens with one attached hydrogen (secondary N) is 2. The SMILES string of the molecule is CCCOc1nc(NCC)nc(Nc2ccc(I)cc2)n1. The molecule has 0 saturated carbocycles. The van der Waals surface area contributed by atoms with E-state index < -0.39 is 0 Å². The van der Waals surface area contributed by atoms with Crippen molar-refractivity contribution < 1.29 is 4.74 Å². The van der Waals surface area contributed by atoms with Crippen molar-refractivity contribution in [3.05, 3.63) is 27.8 Å². The minimum absolute atomic E-state index is 0.329. The fraction of sp³-hybridized carbons (Fsp3) is 0.357. The summed E-state index contributed by atoms with van der Waals surface area (Å²) in [6.07, 6.45) is 0.905. The molecule has 0 fully saturated rings. The highest BCUT2D eigenvalue weighted by atomic mass is 127. The zero-order valence-corrected chi connectivity index (χ0v) is 14.2. The number of ether oxygens (including phenoxy) is 1. The van der Waals surface area contributed by atoms with Crippen LogP contribution in [0.1, 0.15) is 20.3 Å². The first-order valence-corrected chi connectivity index (χ1v) is 7.94. The number of halogens is 1. The second kappa shape index (κ2) is 7.96. The van der Waals surface area contributed by atoms with Gasteiger partial charge in [0, 0.05) is 15.8 Å². The first-order chi connectivity index (χ1) is 10.2. The number of hydrogen-bond donors (Lipinski definition) is 2. The average molecular weight is 399 g/mol. The molecule has 112 valence electrons. The van der Waals surface area contributed by atoms with Gasteiger partial charge in [0.15, 0.2) is 0 Å². The molecule has 0 bridgehead atoms. The summed E-state index contributed by atoms with van der Waals surface area (Å²) in [4.78, 5) is 12.8. The van der Waals surface area contributed by atoms with Crippen molar-refractivity contribution in [2.75, 3.05) is 23.8 Å². The van der Waals surface area contributed by atoms with Crippen LogP contribution in [0.15, 0.2) is 24.3 Å². The number of anilines is 3. The van der Waals surface area contributed by atoms with Crippen LogP contribution in [0.3, 0.4) is 0 Å². The van der Waals surface area contributed by atoms with E-state index in [1.807, 2.05) is 38.1 Å². The predicted octanol–water partition coefficient (Wildman–Crippen LogP) is 3.44. The maximum Gasteiger partial charge on any atom is 0.323 e. The van der Waals surface area contributed by atoms with Gasteiger partial charge in [0.1, 0.15) is 0 Å². The van der Waals surface area contributed by atoms with Crippen LogP contribution in [0, 0.1) is 3.57 Å². The lowest BCUT2D eigenvalue weighted by molar-refractivity contribution is 0.292. The summed E-state index contributed by atoms with van der Waals surface area (Å²) in [5.41, 5.74) is 0.922. The molecule has 0 aliphatic heterocycles. The van der Waals surface area contributed by atoms with Gasteiger partial charge in [-0.2, -0.15) is 15.0 Å². The van der Waals surface area contributed by atoms with Crippen molar-refractivity contribution in [1.82, 2.24) is 15.0 Å². The van der Waals surface area contributed by atoms with Crippen molar-refractivity contribution in [3.63, 3.8) is 0 Å². The van der Waals surface area contributed by atoms with Gasteiger partial charge in [0.2, 0.25) is 11.9 Å². The number of nitrogens with zero attached hydrogens (tertiary/aromatic N) is 3. The molecule has 2 N–H and O–H groups in total. The molecule has 0 spiro atoms. The molecule has 0 radical (unpaired) electrons. The highest BCUT2D eigenvalue weighted by Gasteiger charge is 2.07. The molecule has 0 atom stereocenters. The van der Waals surface area contributed by atoms with Crippen molar-refractivity contribution >= 4 is 40.2 Å². The number of rotatable bonds is 7. The van der Waals surface area contributed by atoms with Gasteiger partial charge >= 0.3 is 6.01 Å². The molecule has 0 amide bonds. The van der Waals surface area contributed by atoms with Crippen LogP contribution < -0.4 is 15.4 Å². The Morgan fingerprint density at radius 3 is 2.43 bits per heavy atom. The van der Waals surface area contributed by atoms with Crippen molar-refractivity contribution in [2.24, 2.45) is 0 Å². The number of aromatic nitrogens is 3. The zero-order chi connectivity index (χ0) is 15.1. The van der Waals surface area contributed by atoms with Gasteiger partial charge in [0.25, 0.3) is 0 Å². The normalized spacial score (nSPS) is 10.2. The lowest BCUT2D eigenvalue weighted by atomic mass is 10.3. The summed E-state index contributed by atoms with van der Waals surface area (Å²) in [5.74, 6) is 0.972. The fourth-order valence-corrected chi connectivity index (χ4v) is 1.93. The van der Waals surface area contributed by atoms with Gasteiger partial charge in [-0.3, -0.25) is 0 Å². The molecule has 2 aromatic rings. The Morgan fingerprint density at radius 2 is 1.76 bits per heavy atom. The maximum absolute atomic E-state index is 5.50.